The molecule has 0 bridgehead atoms. The molecule has 7 aromatic rings. The largest absolute Gasteiger partial charge is 0.326 e. The number of aromatic nitrogens is 10. The molecule has 262 valence electrons. The molecule has 1 aliphatic carbocycles. The molecule has 10 rings (SSSR count). The molecule has 0 amide bonds. The van der Waals surface area contributed by atoms with E-state index in [4.69, 9.17) is 10.9 Å². The SMILES string of the molecule is Fc1ccc(-c2nc3n(c2-c2ccc4nnc(C5CC5)n4n2)CCC3)c(F)c1.NNc1ccc(-c2c(-c3ccc(F)cc3F)nc3n2CCC3)nn1. The fraction of sp³-hybridized carbons (Fsp3) is 0.250. The van der Waals surface area contributed by atoms with E-state index < -0.39 is 23.3 Å². The number of nitrogens with one attached hydrogen (secondary N) is 1. The predicted molar refractivity (Wildman–Crippen MR) is 182 cm³/mol. The van der Waals surface area contributed by atoms with Crippen LogP contribution in [0.3, 0.4) is 0 Å². The van der Waals surface area contributed by atoms with Gasteiger partial charge in [-0.1, -0.05) is 0 Å². The molecule has 5 aromatic heterocycles. The quantitative estimate of drug-likeness (QED) is 0.116. The van der Waals surface area contributed by atoms with Gasteiger partial charge in [0, 0.05) is 55.1 Å². The molecule has 0 saturated heterocycles. The Morgan fingerprint density at radius 2 is 1.25 bits per heavy atom. The van der Waals surface area contributed by atoms with E-state index in [-0.39, 0.29) is 11.1 Å². The van der Waals surface area contributed by atoms with Crippen LogP contribution in [0.5, 0.6) is 0 Å². The van der Waals surface area contributed by atoms with Crippen molar-refractivity contribution in [2.24, 2.45) is 5.84 Å². The number of hydrogen-bond donors (Lipinski definition) is 2. The van der Waals surface area contributed by atoms with Gasteiger partial charge in [0.2, 0.25) is 0 Å². The smallest absolute Gasteiger partial charge is 0.177 e. The van der Waals surface area contributed by atoms with Crippen LogP contribution >= 0.6 is 0 Å². The average Bonchev–Trinajstić information content (AvgIpc) is 3.54. The molecule has 1 fully saturated rings. The minimum atomic E-state index is -0.652. The normalized spacial score (nSPS) is 14.7. The van der Waals surface area contributed by atoms with Gasteiger partial charge < -0.3 is 14.6 Å². The molecule has 2 aromatic carbocycles. The van der Waals surface area contributed by atoms with Gasteiger partial charge in [-0.3, -0.25) is 0 Å². The van der Waals surface area contributed by atoms with Crippen LogP contribution in [0.25, 0.3) is 50.9 Å². The molecule has 3 aliphatic rings. The highest BCUT2D eigenvalue weighted by molar-refractivity contribution is 5.79. The molecule has 0 unspecified atom stereocenters. The van der Waals surface area contributed by atoms with E-state index in [2.05, 4.69) is 40.4 Å². The number of halogens is 4. The van der Waals surface area contributed by atoms with Crippen molar-refractivity contribution in [3.05, 3.63) is 101 Å². The van der Waals surface area contributed by atoms with Gasteiger partial charge in [-0.25, -0.2) is 33.4 Å². The number of hydrazine groups is 1. The van der Waals surface area contributed by atoms with E-state index in [9.17, 15) is 17.6 Å². The third kappa shape index (κ3) is 5.55. The van der Waals surface area contributed by atoms with E-state index in [1.54, 1.807) is 16.6 Å². The maximum atomic E-state index is 14.5. The van der Waals surface area contributed by atoms with Gasteiger partial charge in [0.05, 0.1) is 11.4 Å². The molecule has 1 saturated carbocycles. The summed E-state index contributed by atoms with van der Waals surface area (Å²) in [5, 5.41) is 21.4. The Balaban J connectivity index is 0.000000140. The number of fused-ring (bicyclic) bond motifs is 3. The van der Waals surface area contributed by atoms with Crippen LogP contribution in [0, 0.1) is 23.3 Å². The van der Waals surface area contributed by atoms with Gasteiger partial charge in [-0.05, 0) is 74.2 Å². The van der Waals surface area contributed by atoms with Crippen LogP contribution in [-0.4, -0.2) is 49.1 Å². The van der Waals surface area contributed by atoms with Crippen LogP contribution in [0.4, 0.5) is 23.4 Å². The van der Waals surface area contributed by atoms with Crippen molar-refractivity contribution in [3.63, 3.8) is 0 Å². The van der Waals surface area contributed by atoms with Gasteiger partial charge >= 0.3 is 0 Å². The fourth-order valence-electron chi connectivity index (χ4n) is 6.97. The molecular formula is C36H30F4N12. The summed E-state index contributed by atoms with van der Waals surface area (Å²) >= 11 is 0. The summed E-state index contributed by atoms with van der Waals surface area (Å²) in [6.07, 6.45) is 5.80. The lowest BCUT2D eigenvalue weighted by Gasteiger charge is -2.09. The Labute approximate surface area is 293 Å². The first kappa shape index (κ1) is 31.9. The minimum Gasteiger partial charge on any atom is -0.326 e. The molecular weight excluding hydrogens is 676 g/mol. The molecule has 12 nitrogen and oxygen atoms in total. The lowest BCUT2D eigenvalue weighted by Crippen LogP contribution is -2.09. The van der Waals surface area contributed by atoms with Crippen LogP contribution < -0.4 is 11.3 Å². The maximum absolute atomic E-state index is 14.5. The zero-order chi connectivity index (χ0) is 35.5. The first-order valence-corrected chi connectivity index (χ1v) is 17.0. The van der Waals surface area contributed by atoms with Gasteiger partial charge in [-0.2, -0.15) is 9.61 Å². The van der Waals surface area contributed by atoms with Crippen molar-refractivity contribution in [1.82, 2.24) is 49.1 Å². The second kappa shape index (κ2) is 12.6. The Morgan fingerprint density at radius 3 is 1.79 bits per heavy atom. The van der Waals surface area contributed by atoms with Crippen molar-refractivity contribution < 1.29 is 17.6 Å². The molecule has 2 aliphatic heterocycles. The standard InChI is InChI=1S/C20H16F2N6.C16H14F2N6/c21-12-5-6-13(14(22)10-12)18-19(27-9-1-2-16(27)23-18)15-7-8-17-24-25-20(11-3-4-11)28(17)26-15;17-9-3-4-10(11(18)8-9)15-16(24-7-1-2-14(24)20-15)12-5-6-13(21-19)23-22-12/h5-8,10-11H,1-4,9H2;3-6,8H,1-2,7,19H2,(H,21,23). The minimum absolute atomic E-state index is 0.246. The summed E-state index contributed by atoms with van der Waals surface area (Å²) in [7, 11) is 0. The summed E-state index contributed by atoms with van der Waals surface area (Å²) in [6.45, 7) is 1.58. The van der Waals surface area contributed by atoms with E-state index in [1.807, 2.05) is 16.7 Å². The second-order valence-electron chi connectivity index (χ2n) is 13.0. The number of nitrogen functional groups attached to an aromatic ring is 1. The van der Waals surface area contributed by atoms with Crippen molar-refractivity contribution in [2.45, 2.75) is 57.5 Å². The molecule has 0 radical (unpaired) electrons. The highest BCUT2D eigenvalue weighted by Crippen LogP contribution is 2.40. The number of hydrogen-bond acceptors (Lipinski definition) is 9. The molecule has 7 heterocycles. The second-order valence-corrected chi connectivity index (χ2v) is 13.0. The molecule has 0 atom stereocenters. The molecule has 0 spiro atoms. The zero-order valence-corrected chi connectivity index (χ0v) is 27.6. The number of nitrogens with two attached hydrogens (primary N) is 1. The molecule has 3 N–H and O–H groups in total. The average molecular weight is 707 g/mol. The van der Waals surface area contributed by atoms with E-state index in [1.165, 1.54) is 24.3 Å². The number of aryl methyl sites for hydroxylation is 2. The number of rotatable bonds is 6. The zero-order valence-electron chi connectivity index (χ0n) is 27.6. The number of anilines is 1. The van der Waals surface area contributed by atoms with E-state index >= 15 is 0 Å². The van der Waals surface area contributed by atoms with E-state index in [0.717, 1.165) is 86.9 Å². The number of imidazole rings is 2. The molecule has 16 heteroatoms. The van der Waals surface area contributed by atoms with E-state index in [0.29, 0.717) is 45.9 Å². The third-order valence-electron chi connectivity index (χ3n) is 9.56. The third-order valence-corrected chi connectivity index (χ3v) is 9.56. The van der Waals surface area contributed by atoms with Crippen molar-refractivity contribution in [2.75, 3.05) is 5.43 Å². The summed E-state index contributed by atoms with van der Waals surface area (Å²) in [5.74, 6) is 6.28. The Bertz CT molecular complexity index is 2480. The van der Waals surface area contributed by atoms with Gasteiger partial charge in [-0.15, -0.1) is 20.4 Å². The summed E-state index contributed by atoms with van der Waals surface area (Å²) in [6, 6.07) is 14.2. The van der Waals surface area contributed by atoms with Crippen LogP contribution in [0.2, 0.25) is 0 Å². The van der Waals surface area contributed by atoms with Crippen molar-refractivity contribution in [3.8, 4) is 45.3 Å². The molecule has 52 heavy (non-hydrogen) atoms. The number of nitrogens with zero attached hydrogens (tertiary/aromatic N) is 10. The lowest BCUT2D eigenvalue weighted by molar-refractivity contribution is 0.584. The van der Waals surface area contributed by atoms with Gasteiger partial charge in [0.1, 0.15) is 57.7 Å². The predicted octanol–water partition coefficient (Wildman–Crippen LogP) is 6.27. The van der Waals surface area contributed by atoms with Gasteiger partial charge in [0.15, 0.2) is 17.3 Å². The van der Waals surface area contributed by atoms with Crippen LogP contribution in [0.1, 0.15) is 49.1 Å². The highest BCUT2D eigenvalue weighted by atomic mass is 19.1. The fourth-order valence-corrected chi connectivity index (χ4v) is 6.97. The topological polar surface area (TPSA) is 143 Å². The van der Waals surface area contributed by atoms with Crippen LogP contribution in [-0.2, 0) is 25.9 Å². The summed E-state index contributed by atoms with van der Waals surface area (Å²) < 4.78 is 61.3. The van der Waals surface area contributed by atoms with Crippen molar-refractivity contribution in [1.29, 1.82) is 0 Å². The first-order valence-electron chi connectivity index (χ1n) is 17.0. The Hall–Kier alpha value is -6.03. The summed E-state index contributed by atoms with van der Waals surface area (Å²) in [4.78, 5) is 9.25. The maximum Gasteiger partial charge on any atom is 0.177 e. The lowest BCUT2D eigenvalue weighted by atomic mass is 10.1. The Kier molecular flexibility index (Phi) is 7.75. The monoisotopic (exact) mass is 706 g/mol. The Morgan fingerprint density at radius 1 is 0.654 bits per heavy atom. The van der Waals surface area contributed by atoms with Gasteiger partial charge in [0.25, 0.3) is 0 Å². The van der Waals surface area contributed by atoms with Crippen LogP contribution in [0.15, 0.2) is 60.7 Å². The van der Waals surface area contributed by atoms with Crippen molar-refractivity contribution >= 4 is 11.5 Å². The number of benzene rings is 2. The first-order chi connectivity index (χ1) is 25.4. The highest BCUT2D eigenvalue weighted by Gasteiger charge is 2.31. The summed E-state index contributed by atoms with van der Waals surface area (Å²) in [5.41, 5.74) is 7.29.